The van der Waals surface area contributed by atoms with E-state index in [0.29, 0.717) is 5.75 Å². The molecule has 0 aromatic heterocycles. The topological polar surface area (TPSA) is 41.9 Å². The van der Waals surface area contributed by atoms with E-state index in [1.165, 1.54) is 6.42 Å². The van der Waals surface area contributed by atoms with Crippen LogP contribution in [0.25, 0.3) is 0 Å². The predicted molar refractivity (Wildman–Crippen MR) is 81.5 cm³/mol. The zero-order valence-corrected chi connectivity index (χ0v) is 13.4. The Bertz CT molecular complexity index is 547. The number of hydrogen-bond donors (Lipinski definition) is 1. The molecule has 1 fully saturated rings. The van der Waals surface area contributed by atoms with Crippen LogP contribution in [-0.4, -0.2) is 29.4 Å². The van der Waals surface area contributed by atoms with Crippen LogP contribution in [0.15, 0.2) is 6.07 Å². The third-order valence-corrected chi connectivity index (χ3v) is 5.13. The van der Waals surface area contributed by atoms with Crippen molar-refractivity contribution in [1.82, 2.24) is 5.06 Å². The lowest BCUT2D eigenvalue weighted by atomic mass is 9.72. The maximum atomic E-state index is 10.3. The zero-order valence-electron chi connectivity index (χ0n) is 13.4. The first-order chi connectivity index (χ1) is 10.0. The predicted octanol–water partition coefficient (Wildman–Crippen LogP) is 3.64. The number of nitrogens with zero attached hydrogens (tertiary/aromatic N) is 1. The molecular formula is C17H25NO3. The first-order valence-electron chi connectivity index (χ1n) is 7.84. The average molecular weight is 291 g/mol. The standard InChI is InChI=1S/C17H25NO3/c1-5-18(20-4)13-10-17(7-6-8-17)21-14-9-11(2)16(19)12(3)15(13)14/h9,13,19H,5-8,10H2,1-4H3. The molecule has 3 rings (SSSR count). The second-order valence-electron chi connectivity index (χ2n) is 6.35. The number of phenolic OH excluding ortho intramolecular Hbond substituents is 1. The third kappa shape index (κ3) is 2.21. The highest BCUT2D eigenvalue weighted by Crippen LogP contribution is 2.53. The van der Waals surface area contributed by atoms with Gasteiger partial charge in [-0.2, -0.15) is 5.06 Å². The van der Waals surface area contributed by atoms with Gasteiger partial charge < -0.3 is 14.7 Å². The quantitative estimate of drug-likeness (QED) is 0.863. The second kappa shape index (κ2) is 5.18. The smallest absolute Gasteiger partial charge is 0.125 e. The minimum Gasteiger partial charge on any atom is -0.507 e. The van der Waals surface area contributed by atoms with Crippen LogP contribution in [0.1, 0.15) is 55.3 Å². The number of benzene rings is 1. The molecule has 0 amide bonds. The SMILES string of the molecule is CCN(OC)C1CC2(CCC2)Oc2cc(C)c(O)c(C)c21. The molecule has 1 unspecified atom stereocenters. The van der Waals surface area contributed by atoms with E-state index in [1.54, 1.807) is 7.11 Å². The fraction of sp³-hybridized carbons (Fsp3) is 0.647. The maximum absolute atomic E-state index is 10.3. The molecule has 1 saturated carbocycles. The number of rotatable bonds is 3. The van der Waals surface area contributed by atoms with Gasteiger partial charge in [-0.25, -0.2) is 0 Å². The second-order valence-corrected chi connectivity index (χ2v) is 6.35. The summed E-state index contributed by atoms with van der Waals surface area (Å²) in [5, 5.41) is 12.3. The van der Waals surface area contributed by atoms with Crippen LogP contribution >= 0.6 is 0 Å². The summed E-state index contributed by atoms with van der Waals surface area (Å²) >= 11 is 0. The Morgan fingerprint density at radius 3 is 2.67 bits per heavy atom. The minimum atomic E-state index is -0.0283. The Balaban J connectivity index is 2.11. The average Bonchev–Trinajstić information content (AvgIpc) is 2.44. The van der Waals surface area contributed by atoms with Crippen molar-refractivity contribution in [3.05, 3.63) is 22.8 Å². The molecule has 0 saturated heterocycles. The van der Waals surface area contributed by atoms with Gasteiger partial charge in [0.05, 0.1) is 13.2 Å². The van der Waals surface area contributed by atoms with Gasteiger partial charge in [-0.1, -0.05) is 6.92 Å². The molecule has 0 radical (unpaired) electrons. The normalized spacial score (nSPS) is 22.8. The van der Waals surface area contributed by atoms with Crippen molar-refractivity contribution >= 4 is 0 Å². The van der Waals surface area contributed by atoms with Crippen LogP contribution < -0.4 is 4.74 Å². The van der Waals surface area contributed by atoms with E-state index in [-0.39, 0.29) is 11.6 Å². The van der Waals surface area contributed by atoms with E-state index in [1.807, 2.05) is 25.0 Å². The Labute approximate surface area is 126 Å². The highest BCUT2D eigenvalue weighted by atomic mass is 16.7. The van der Waals surface area contributed by atoms with Crippen molar-refractivity contribution < 1.29 is 14.7 Å². The van der Waals surface area contributed by atoms with Gasteiger partial charge in [0, 0.05) is 18.5 Å². The summed E-state index contributed by atoms with van der Waals surface area (Å²) in [6.45, 7) is 6.80. The van der Waals surface area contributed by atoms with Crippen LogP contribution in [0.3, 0.4) is 0 Å². The van der Waals surface area contributed by atoms with Gasteiger partial charge in [-0.3, -0.25) is 0 Å². The Kier molecular flexibility index (Phi) is 3.62. The van der Waals surface area contributed by atoms with Gasteiger partial charge in [0.15, 0.2) is 0 Å². The molecule has 1 atom stereocenters. The lowest BCUT2D eigenvalue weighted by molar-refractivity contribution is -0.185. The summed E-state index contributed by atoms with van der Waals surface area (Å²) in [6.07, 6.45) is 4.40. The van der Waals surface area contributed by atoms with Crippen LogP contribution in [-0.2, 0) is 4.84 Å². The van der Waals surface area contributed by atoms with E-state index < -0.39 is 0 Å². The number of hydroxylamine groups is 2. The molecule has 2 aliphatic rings. The van der Waals surface area contributed by atoms with E-state index in [9.17, 15) is 5.11 Å². The summed E-state index contributed by atoms with van der Waals surface area (Å²) in [6, 6.07) is 2.13. The highest BCUT2D eigenvalue weighted by Gasteiger charge is 2.48. The molecule has 1 spiro atoms. The maximum Gasteiger partial charge on any atom is 0.125 e. The summed E-state index contributed by atoms with van der Waals surface area (Å²) < 4.78 is 6.35. The number of aromatic hydroxyl groups is 1. The number of fused-ring (bicyclic) bond motifs is 1. The summed E-state index contributed by atoms with van der Waals surface area (Å²) in [4.78, 5) is 5.58. The molecule has 1 heterocycles. The summed E-state index contributed by atoms with van der Waals surface area (Å²) in [5.41, 5.74) is 2.85. The highest BCUT2D eigenvalue weighted by molar-refractivity contribution is 5.54. The molecule has 1 N–H and O–H groups in total. The van der Waals surface area contributed by atoms with Crippen LogP contribution in [0, 0.1) is 13.8 Å². The number of ether oxygens (including phenoxy) is 1. The molecule has 0 bridgehead atoms. The van der Waals surface area contributed by atoms with E-state index in [2.05, 4.69) is 6.92 Å². The molecule has 1 aliphatic heterocycles. The Morgan fingerprint density at radius 1 is 1.43 bits per heavy atom. The summed E-state index contributed by atoms with van der Waals surface area (Å²) in [7, 11) is 1.72. The van der Waals surface area contributed by atoms with E-state index in [0.717, 1.165) is 48.2 Å². The van der Waals surface area contributed by atoms with Crippen molar-refractivity contribution in [3.63, 3.8) is 0 Å². The van der Waals surface area contributed by atoms with Crippen LogP contribution in [0.2, 0.25) is 0 Å². The fourth-order valence-corrected chi connectivity index (χ4v) is 3.78. The Morgan fingerprint density at radius 2 is 2.14 bits per heavy atom. The van der Waals surface area contributed by atoms with Gasteiger partial charge in [0.25, 0.3) is 0 Å². The van der Waals surface area contributed by atoms with Crippen molar-refractivity contribution in [1.29, 1.82) is 0 Å². The molecule has 1 aromatic carbocycles. The zero-order chi connectivity index (χ0) is 15.2. The minimum absolute atomic E-state index is 0.0283. The third-order valence-electron chi connectivity index (χ3n) is 5.13. The van der Waals surface area contributed by atoms with Crippen molar-refractivity contribution in [2.24, 2.45) is 0 Å². The van der Waals surface area contributed by atoms with E-state index in [4.69, 9.17) is 9.57 Å². The largest absolute Gasteiger partial charge is 0.507 e. The van der Waals surface area contributed by atoms with Crippen molar-refractivity contribution in [2.45, 2.75) is 58.1 Å². The number of phenols is 1. The van der Waals surface area contributed by atoms with Gasteiger partial charge in [0.1, 0.15) is 17.1 Å². The summed E-state index contributed by atoms with van der Waals surface area (Å²) in [5.74, 6) is 1.30. The Hall–Kier alpha value is -1.26. The first-order valence-corrected chi connectivity index (χ1v) is 7.84. The van der Waals surface area contributed by atoms with E-state index >= 15 is 0 Å². The monoisotopic (exact) mass is 291 g/mol. The molecule has 1 aliphatic carbocycles. The van der Waals surface area contributed by atoms with Crippen LogP contribution in [0.4, 0.5) is 0 Å². The fourth-order valence-electron chi connectivity index (χ4n) is 3.78. The van der Waals surface area contributed by atoms with Crippen molar-refractivity contribution in [3.8, 4) is 11.5 Å². The lowest BCUT2D eigenvalue weighted by Crippen LogP contribution is -2.50. The molecule has 21 heavy (non-hydrogen) atoms. The number of aryl methyl sites for hydroxylation is 1. The molecule has 1 aromatic rings. The van der Waals surface area contributed by atoms with Crippen molar-refractivity contribution in [2.75, 3.05) is 13.7 Å². The molecular weight excluding hydrogens is 266 g/mol. The first kappa shape index (κ1) is 14.7. The van der Waals surface area contributed by atoms with Gasteiger partial charge in [-0.05, 0) is 50.3 Å². The molecule has 4 heteroatoms. The molecule has 4 nitrogen and oxygen atoms in total. The van der Waals surface area contributed by atoms with Gasteiger partial charge in [0.2, 0.25) is 0 Å². The van der Waals surface area contributed by atoms with Gasteiger partial charge >= 0.3 is 0 Å². The molecule has 116 valence electrons. The van der Waals surface area contributed by atoms with Crippen LogP contribution in [0.5, 0.6) is 11.5 Å². The number of hydrogen-bond acceptors (Lipinski definition) is 4. The van der Waals surface area contributed by atoms with Gasteiger partial charge in [-0.15, -0.1) is 0 Å². The lowest BCUT2D eigenvalue weighted by Gasteiger charge is -2.50.